The molecule has 1 amide bonds. The van der Waals surface area contributed by atoms with Crippen molar-refractivity contribution in [3.05, 3.63) is 52.5 Å². The summed E-state index contributed by atoms with van der Waals surface area (Å²) in [7, 11) is -3.43. The van der Waals surface area contributed by atoms with Crippen LogP contribution < -0.4 is 4.90 Å². The number of rotatable bonds is 7. The van der Waals surface area contributed by atoms with Gasteiger partial charge in [-0.3, -0.25) is 14.6 Å². The van der Waals surface area contributed by atoms with E-state index in [9.17, 15) is 13.2 Å². The Hall–Kier alpha value is -2.04. The molecule has 4 rings (SSSR count). The topological polar surface area (TPSA) is 79.8 Å². The number of fused-ring (bicyclic) bond motifs is 1. The largest absolute Gasteiger partial charge is 0.379 e. The van der Waals surface area contributed by atoms with E-state index < -0.39 is 9.84 Å². The number of sulfone groups is 1. The third kappa shape index (κ3) is 5.38. The van der Waals surface area contributed by atoms with E-state index in [1.165, 1.54) is 23.5 Å². The van der Waals surface area contributed by atoms with Crippen LogP contribution in [0.25, 0.3) is 10.2 Å². The predicted molar refractivity (Wildman–Crippen MR) is 132 cm³/mol. The number of anilines is 1. The van der Waals surface area contributed by atoms with Gasteiger partial charge in [-0.1, -0.05) is 35.9 Å². The molecule has 1 aliphatic rings. The molecule has 33 heavy (non-hydrogen) atoms. The van der Waals surface area contributed by atoms with Crippen LogP contribution in [0.15, 0.2) is 41.3 Å². The Morgan fingerprint density at radius 2 is 2.00 bits per heavy atom. The molecular weight excluding hydrogens is 482 g/mol. The summed E-state index contributed by atoms with van der Waals surface area (Å²) >= 11 is 7.64. The lowest BCUT2D eigenvalue weighted by Crippen LogP contribution is -2.43. The van der Waals surface area contributed by atoms with Gasteiger partial charge in [0.05, 0.1) is 34.1 Å². The van der Waals surface area contributed by atoms with Gasteiger partial charge in [-0.15, -0.1) is 0 Å². The molecule has 0 bridgehead atoms. The quantitative estimate of drug-likeness (QED) is 0.480. The van der Waals surface area contributed by atoms with Crippen LogP contribution in [-0.4, -0.2) is 69.4 Å². The Morgan fingerprint density at radius 3 is 2.73 bits per heavy atom. The van der Waals surface area contributed by atoms with E-state index in [1.807, 2.05) is 19.1 Å². The molecule has 2 aromatic carbocycles. The van der Waals surface area contributed by atoms with Crippen molar-refractivity contribution < 1.29 is 17.9 Å². The fourth-order valence-electron chi connectivity index (χ4n) is 3.75. The molecule has 1 aromatic heterocycles. The number of hydrogen-bond donors (Lipinski definition) is 0. The number of nitrogens with zero attached hydrogens (tertiary/aromatic N) is 3. The Morgan fingerprint density at radius 1 is 1.24 bits per heavy atom. The van der Waals surface area contributed by atoms with E-state index in [0.29, 0.717) is 42.0 Å². The van der Waals surface area contributed by atoms with Gasteiger partial charge < -0.3 is 4.74 Å². The van der Waals surface area contributed by atoms with Gasteiger partial charge in [-0.05, 0) is 42.8 Å². The van der Waals surface area contributed by atoms with E-state index in [0.717, 1.165) is 28.9 Å². The van der Waals surface area contributed by atoms with Crippen molar-refractivity contribution in [1.82, 2.24) is 9.88 Å². The van der Waals surface area contributed by atoms with Crippen LogP contribution in [0.3, 0.4) is 0 Å². The highest BCUT2D eigenvalue weighted by Gasteiger charge is 2.24. The summed E-state index contributed by atoms with van der Waals surface area (Å²) in [5, 5.41) is 1.19. The summed E-state index contributed by atoms with van der Waals surface area (Å²) in [6.07, 6.45) is 0. The molecule has 10 heteroatoms. The summed E-state index contributed by atoms with van der Waals surface area (Å²) in [6.45, 7) is 7.58. The zero-order valence-corrected chi connectivity index (χ0v) is 21.0. The Balaban J connectivity index is 1.70. The van der Waals surface area contributed by atoms with Crippen LogP contribution in [-0.2, 0) is 14.6 Å². The minimum absolute atomic E-state index is 0.0245. The van der Waals surface area contributed by atoms with Gasteiger partial charge in [0.15, 0.2) is 15.0 Å². The molecule has 0 aliphatic carbocycles. The molecule has 2 heterocycles. The van der Waals surface area contributed by atoms with Crippen LogP contribution in [0, 0.1) is 6.92 Å². The summed E-state index contributed by atoms with van der Waals surface area (Å²) in [5.41, 5.74) is 2.07. The molecule has 0 spiro atoms. The number of morpholine rings is 1. The van der Waals surface area contributed by atoms with Crippen LogP contribution >= 0.6 is 22.9 Å². The predicted octanol–water partition coefficient (Wildman–Crippen LogP) is 4.03. The number of thiazole rings is 1. The average Bonchev–Trinajstić information content (AvgIpc) is 3.24. The molecular formula is C23H26ClN3O4S2. The summed E-state index contributed by atoms with van der Waals surface area (Å²) in [5.74, 6) is -0.303. The van der Waals surface area contributed by atoms with Crippen molar-refractivity contribution in [3.63, 3.8) is 0 Å². The van der Waals surface area contributed by atoms with Crippen molar-refractivity contribution in [2.24, 2.45) is 0 Å². The Bertz CT molecular complexity index is 1270. The first-order valence-corrected chi connectivity index (χ1v) is 13.6. The maximum Gasteiger partial charge on any atom is 0.260 e. The molecule has 0 unspecified atom stereocenters. The first-order valence-electron chi connectivity index (χ1n) is 10.8. The van der Waals surface area contributed by atoms with Gasteiger partial charge in [0.25, 0.3) is 5.91 Å². The maximum atomic E-state index is 13.6. The van der Waals surface area contributed by atoms with E-state index >= 15 is 0 Å². The highest BCUT2D eigenvalue weighted by molar-refractivity contribution is 7.91. The number of aryl methyl sites for hydroxylation is 1. The molecule has 0 N–H and O–H groups in total. The number of amides is 1. The van der Waals surface area contributed by atoms with Crippen LogP contribution in [0.5, 0.6) is 0 Å². The van der Waals surface area contributed by atoms with Gasteiger partial charge in [-0.25, -0.2) is 13.4 Å². The average molecular weight is 508 g/mol. The fraction of sp³-hybridized carbons (Fsp3) is 0.391. The monoisotopic (exact) mass is 507 g/mol. The number of ether oxygens (including phenoxy) is 1. The van der Waals surface area contributed by atoms with Gasteiger partial charge in [0.1, 0.15) is 0 Å². The number of hydrogen-bond acceptors (Lipinski definition) is 7. The highest BCUT2D eigenvalue weighted by atomic mass is 35.5. The lowest BCUT2D eigenvalue weighted by Gasteiger charge is -2.29. The van der Waals surface area contributed by atoms with Crippen LogP contribution in [0.1, 0.15) is 22.8 Å². The first-order chi connectivity index (χ1) is 15.8. The van der Waals surface area contributed by atoms with Crippen molar-refractivity contribution >= 4 is 54.0 Å². The molecule has 1 fully saturated rings. The van der Waals surface area contributed by atoms with Crippen molar-refractivity contribution in [2.75, 3.05) is 50.0 Å². The number of benzene rings is 2. The second-order valence-corrected chi connectivity index (χ2v) is 11.6. The number of aromatic nitrogens is 1. The lowest BCUT2D eigenvalue weighted by atomic mass is 10.2. The SMILES string of the molecule is CCS(=O)(=O)c1cccc(C(=O)N(CCN2CCOCC2)c2nc3c(C)cc(Cl)cc3s2)c1. The second-order valence-electron chi connectivity index (χ2n) is 7.91. The number of carbonyl (C=O) groups excluding carboxylic acids is 1. The molecule has 1 saturated heterocycles. The highest BCUT2D eigenvalue weighted by Crippen LogP contribution is 2.33. The Kier molecular flexibility index (Phi) is 7.35. The molecule has 1 aliphatic heterocycles. The molecule has 0 saturated carbocycles. The van der Waals surface area contributed by atoms with Crippen molar-refractivity contribution in [2.45, 2.75) is 18.7 Å². The first kappa shape index (κ1) is 24.1. The molecule has 0 atom stereocenters. The lowest BCUT2D eigenvalue weighted by molar-refractivity contribution is 0.0391. The second kappa shape index (κ2) is 10.1. The van der Waals surface area contributed by atoms with E-state index in [2.05, 4.69) is 4.90 Å². The summed E-state index contributed by atoms with van der Waals surface area (Å²) in [6, 6.07) is 9.94. The van der Waals surface area contributed by atoms with Gasteiger partial charge in [-0.2, -0.15) is 0 Å². The minimum Gasteiger partial charge on any atom is -0.379 e. The Labute approximate surface area is 202 Å². The molecule has 176 valence electrons. The third-order valence-electron chi connectivity index (χ3n) is 5.68. The zero-order chi connectivity index (χ0) is 23.6. The fourth-order valence-corrected chi connectivity index (χ4v) is 6.12. The summed E-state index contributed by atoms with van der Waals surface area (Å²) < 4.78 is 31.1. The minimum atomic E-state index is -3.43. The van der Waals surface area contributed by atoms with E-state index in [-0.39, 0.29) is 16.6 Å². The summed E-state index contributed by atoms with van der Waals surface area (Å²) in [4.78, 5) is 22.4. The van der Waals surface area contributed by atoms with Gasteiger partial charge in [0, 0.05) is 36.8 Å². The standard InChI is InChI=1S/C23H26ClN3O4S2/c1-3-33(29,30)19-6-4-5-17(14-19)22(28)27(8-7-26-9-11-31-12-10-26)23-25-21-16(2)13-18(24)15-20(21)32-23/h4-6,13-15H,3,7-12H2,1-2H3. The van der Waals surface area contributed by atoms with E-state index in [1.54, 1.807) is 24.0 Å². The third-order valence-corrected chi connectivity index (χ3v) is 8.65. The van der Waals surface area contributed by atoms with Gasteiger partial charge in [0.2, 0.25) is 0 Å². The molecule has 7 nitrogen and oxygen atoms in total. The number of halogens is 1. The molecule has 0 radical (unpaired) electrons. The molecule has 3 aromatic rings. The van der Waals surface area contributed by atoms with Crippen LogP contribution in [0.4, 0.5) is 5.13 Å². The van der Waals surface area contributed by atoms with E-state index in [4.69, 9.17) is 21.3 Å². The van der Waals surface area contributed by atoms with Crippen molar-refractivity contribution in [1.29, 1.82) is 0 Å². The van der Waals surface area contributed by atoms with Crippen LogP contribution in [0.2, 0.25) is 5.02 Å². The smallest absolute Gasteiger partial charge is 0.260 e. The van der Waals surface area contributed by atoms with Gasteiger partial charge >= 0.3 is 0 Å². The number of carbonyl (C=O) groups is 1. The maximum absolute atomic E-state index is 13.6. The van der Waals surface area contributed by atoms with Crippen molar-refractivity contribution in [3.8, 4) is 0 Å². The zero-order valence-electron chi connectivity index (χ0n) is 18.6. The normalized spacial score (nSPS) is 15.1.